The van der Waals surface area contributed by atoms with Crippen LogP contribution in [0.25, 0.3) is 0 Å². The first-order valence-corrected chi connectivity index (χ1v) is 9.22. The van der Waals surface area contributed by atoms with E-state index in [2.05, 4.69) is 15.6 Å². The Morgan fingerprint density at radius 2 is 2.03 bits per heavy atom. The molecule has 2 unspecified atom stereocenters. The van der Waals surface area contributed by atoms with Crippen molar-refractivity contribution in [3.8, 4) is 0 Å². The van der Waals surface area contributed by atoms with Crippen molar-refractivity contribution in [3.63, 3.8) is 0 Å². The molecule has 2 rings (SSSR count). The van der Waals surface area contributed by atoms with E-state index in [0.717, 1.165) is 6.07 Å². The minimum Gasteiger partial charge on any atom is -0.426 e. The Morgan fingerprint density at radius 1 is 1.34 bits per heavy atom. The smallest absolute Gasteiger partial charge is 0.426 e. The number of carbonyl (C=O) groups is 2. The molecule has 2 amide bonds. The zero-order chi connectivity index (χ0) is 21.8. The lowest BCUT2D eigenvalue weighted by atomic mass is 9.75. The molecule has 0 aliphatic carbocycles. The first-order chi connectivity index (χ1) is 13.5. The Labute approximate surface area is 166 Å². The molecule has 1 aromatic heterocycles. The summed E-state index contributed by atoms with van der Waals surface area (Å²) >= 11 is 0. The molecule has 0 saturated carbocycles. The van der Waals surface area contributed by atoms with Gasteiger partial charge < -0.3 is 25.6 Å². The summed E-state index contributed by atoms with van der Waals surface area (Å²) in [6.45, 7) is 3.83. The van der Waals surface area contributed by atoms with Gasteiger partial charge in [0.15, 0.2) is 0 Å². The van der Waals surface area contributed by atoms with Gasteiger partial charge >= 0.3 is 13.3 Å². The standard InChI is InChI=1S/C17H24BF3N4O4/c1-10(2)7-13(18(28)29)24-15(26)9-23-16(27)12-5-6-25(12)14-4-3-11(8-22-14)17(19,20)21/h3-4,8,10,12-13,28-29H,5-7,9H2,1-2H3,(H,23,27)(H,24,26). The topological polar surface area (TPSA) is 115 Å². The van der Waals surface area contributed by atoms with E-state index >= 15 is 0 Å². The van der Waals surface area contributed by atoms with Crippen LogP contribution in [0.2, 0.25) is 0 Å². The van der Waals surface area contributed by atoms with Crippen molar-refractivity contribution < 1.29 is 32.8 Å². The molecule has 12 heteroatoms. The summed E-state index contributed by atoms with van der Waals surface area (Å²) in [6.07, 6.45) is -2.94. The van der Waals surface area contributed by atoms with Gasteiger partial charge in [0, 0.05) is 12.7 Å². The van der Waals surface area contributed by atoms with Gasteiger partial charge in [-0.25, -0.2) is 4.98 Å². The summed E-state index contributed by atoms with van der Waals surface area (Å²) < 4.78 is 37.9. The van der Waals surface area contributed by atoms with E-state index in [1.165, 1.54) is 6.07 Å². The number of rotatable bonds is 8. The van der Waals surface area contributed by atoms with Gasteiger partial charge in [-0.15, -0.1) is 0 Å². The number of pyridine rings is 1. The van der Waals surface area contributed by atoms with Crippen LogP contribution < -0.4 is 15.5 Å². The first kappa shape index (κ1) is 22.9. The van der Waals surface area contributed by atoms with Crippen molar-refractivity contribution in [1.29, 1.82) is 0 Å². The number of anilines is 1. The minimum atomic E-state index is -4.49. The van der Waals surface area contributed by atoms with Crippen LogP contribution in [0.15, 0.2) is 18.3 Å². The highest BCUT2D eigenvalue weighted by atomic mass is 19.4. The molecule has 0 bridgehead atoms. The van der Waals surface area contributed by atoms with Crippen LogP contribution in [-0.4, -0.2) is 59.0 Å². The molecule has 0 radical (unpaired) electrons. The van der Waals surface area contributed by atoms with Crippen LogP contribution >= 0.6 is 0 Å². The zero-order valence-corrected chi connectivity index (χ0v) is 16.1. The second-order valence-electron chi connectivity index (χ2n) is 7.34. The van der Waals surface area contributed by atoms with E-state index in [9.17, 15) is 32.8 Å². The van der Waals surface area contributed by atoms with Gasteiger partial charge in [0.05, 0.1) is 18.0 Å². The number of carbonyl (C=O) groups excluding carboxylic acids is 2. The average molecular weight is 416 g/mol. The lowest BCUT2D eigenvalue weighted by molar-refractivity contribution is -0.137. The van der Waals surface area contributed by atoms with Gasteiger partial charge in [0.25, 0.3) is 0 Å². The Kier molecular flexibility index (Phi) is 7.47. The van der Waals surface area contributed by atoms with E-state index in [1.54, 1.807) is 4.90 Å². The molecular formula is C17H24BF3N4O4. The molecule has 0 aromatic carbocycles. The Morgan fingerprint density at radius 3 is 2.48 bits per heavy atom. The third kappa shape index (κ3) is 6.33. The fraction of sp³-hybridized carbons (Fsp3) is 0.588. The second-order valence-corrected chi connectivity index (χ2v) is 7.34. The van der Waals surface area contributed by atoms with Crippen molar-refractivity contribution in [3.05, 3.63) is 23.9 Å². The van der Waals surface area contributed by atoms with E-state index in [1.807, 2.05) is 13.8 Å². The highest BCUT2D eigenvalue weighted by Crippen LogP contribution is 2.31. The monoisotopic (exact) mass is 416 g/mol. The fourth-order valence-electron chi connectivity index (χ4n) is 2.96. The Balaban J connectivity index is 1.87. The molecule has 2 atom stereocenters. The lowest BCUT2D eigenvalue weighted by Gasteiger charge is -2.40. The molecule has 4 N–H and O–H groups in total. The average Bonchev–Trinajstić information content (AvgIpc) is 2.57. The fourth-order valence-corrected chi connectivity index (χ4v) is 2.96. The summed E-state index contributed by atoms with van der Waals surface area (Å²) in [4.78, 5) is 29.6. The number of nitrogens with zero attached hydrogens (tertiary/aromatic N) is 2. The molecule has 1 aliphatic rings. The predicted octanol–water partition coefficient (Wildman–Crippen LogP) is 0.338. The molecule has 0 spiro atoms. The van der Waals surface area contributed by atoms with Crippen molar-refractivity contribution in [2.24, 2.45) is 5.92 Å². The van der Waals surface area contributed by atoms with Crippen molar-refractivity contribution in [2.75, 3.05) is 18.0 Å². The van der Waals surface area contributed by atoms with Gasteiger partial charge in [0.1, 0.15) is 11.9 Å². The van der Waals surface area contributed by atoms with Crippen LogP contribution in [0.1, 0.15) is 32.3 Å². The molecule has 29 heavy (non-hydrogen) atoms. The number of alkyl halides is 3. The van der Waals surface area contributed by atoms with Gasteiger partial charge in [-0.1, -0.05) is 13.8 Å². The molecule has 1 saturated heterocycles. The predicted molar refractivity (Wildman–Crippen MR) is 99.6 cm³/mol. The number of amides is 2. The SMILES string of the molecule is CC(C)CC(NC(=O)CNC(=O)C1CCN1c1ccc(C(F)(F)F)cn1)B(O)O. The Bertz CT molecular complexity index is 716. The maximum Gasteiger partial charge on any atom is 0.475 e. The molecule has 8 nitrogen and oxygen atoms in total. The van der Waals surface area contributed by atoms with Gasteiger partial charge in [-0.05, 0) is 30.9 Å². The van der Waals surface area contributed by atoms with Crippen molar-refractivity contribution in [1.82, 2.24) is 15.6 Å². The van der Waals surface area contributed by atoms with Crippen LogP contribution in [0, 0.1) is 5.92 Å². The Hall–Kier alpha value is -2.34. The minimum absolute atomic E-state index is 0.122. The van der Waals surface area contributed by atoms with E-state index in [-0.39, 0.29) is 18.3 Å². The van der Waals surface area contributed by atoms with Crippen LogP contribution in [0.4, 0.5) is 19.0 Å². The zero-order valence-electron chi connectivity index (χ0n) is 16.1. The summed E-state index contributed by atoms with van der Waals surface area (Å²) in [6, 6.07) is 1.47. The van der Waals surface area contributed by atoms with Crippen LogP contribution in [0.3, 0.4) is 0 Å². The summed E-state index contributed by atoms with van der Waals surface area (Å²) in [5.74, 6) is -1.52. The summed E-state index contributed by atoms with van der Waals surface area (Å²) in [5, 5.41) is 23.6. The molecular weight excluding hydrogens is 392 g/mol. The van der Waals surface area contributed by atoms with Crippen LogP contribution in [0.5, 0.6) is 0 Å². The highest BCUT2D eigenvalue weighted by Gasteiger charge is 2.36. The van der Waals surface area contributed by atoms with E-state index in [0.29, 0.717) is 25.6 Å². The van der Waals surface area contributed by atoms with Gasteiger partial charge in [-0.2, -0.15) is 13.2 Å². The van der Waals surface area contributed by atoms with Gasteiger partial charge in [-0.3, -0.25) is 9.59 Å². The third-order valence-electron chi connectivity index (χ3n) is 4.55. The number of nitrogens with one attached hydrogen (secondary N) is 2. The lowest BCUT2D eigenvalue weighted by Crippen LogP contribution is -2.58. The van der Waals surface area contributed by atoms with Crippen LogP contribution in [-0.2, 0) is 15.8 Å². The molecule has 1 aromatic rings. The molecule has 2 heterocycles. The maximum atomic E-state index is 12.6. The van der Waals surface area contributed by atoms with E-state index < -0.39 is 42.7 Å². The highest BCUT2D eigenvalue weighted by molar-refractivity contribution is 6.43. The maximum absolute atomic E-state index is 12.6. The number of halogens is 3. The molecule has 160 valence electrons. The van der Waals surface area contributed by atoms with E-state index in [4.69, 9.17) is 0 Å². The number of aromatic nitrogens is 1. The largest absolute Gasteiger partial charge is 0.475 e. The third-order valence-corrected chi connectivity index (χ3v) is 4.55. The first-order valence-electron chi connectivity index (χ1n) is 9.22. The number of hydrogen-bond acceptors (Lipinski definition) is 6. The summed E-state index contributed by atoms with van der Waals surface area (Å²) in [7, 11) is -1.72. The molecule has 1 aliphatic heterocycles. The second kappa shape index (κ2) is 9.44. The summed E-state index contributed by atoms with van der Waals surface area (Å²) in [5.41, 5.74) is -0.874. The number of hydrogen-bond donors (Lipinski definition) is 4. The molecule has 1 fully saturated rings. The van der Waals surface area contributed by atoms with Crippen molar-refractivity contribution in [2.45, 2.75) is 44.8 Å². The van der Waals surface area contributed by atoms with Crippen molar-refractivity contribution >= 4 is 24.8 Å². The van der Waals surface area contributed by atoms with Gasteiger partial charge in [0.2, 0.25) is 11.8 Å². The quantitative estimate of drug-likeness (QED) is 0.455. The normalized spacial score (nSPS) is 17.5.